The van der Waals surface area contributed by atoms with E-state index in [9.17, 15) is 4.79 Å². The standard InChI is InChI=1S/C17H25ClN2OS.ClH/c1-13(14-3-2-8-19-12-14)11-17(21)20-9-10-22-16-6-4-15(18)5-7-16;/h4-7,13-14,19H,2-3,8-12H2,1H3,(H,20,21);1H. The number of nitrogens with one attached hydrogen (secondary N) is 2. The SMILES string of the molecule is CC(CC(=O)NCCSc1ccc(Cl)cc1)C1CCCNC1.Cl. The van der Waals surface area contributed by atoms with Crippen LogP contribution in [0, 0.1) is 11.8 Å². The zero-order valence-electron chi connectivity index (χ0n) is 13.5. The van der Waals surface area contributed by atoms with Crippen LogP contribution in [0.15, 0.2) is 29.2 Å². The first-order valence-corrected chi connectivity index (χ1v) is 9.37. The van der Waals surface area contributed by atoms with Gasteiger partial charge in [-0.1, -0.05) is 18.5 Å². The number of halogens is 2. The van der Waals surface area contributed by atoms with Crippen LogP contribution in [-0.2, 0) is 4.79 Å². The molecular formula is C17H26Cl2N2OS. The van der Waals surface area contributed by atoms with Gasteiger partial charge < -0.3 is 10.6 Å². The van der Waals surface area contributed by atoms with Crippen molar-refractivity contribution in [1.29, 1.82) is 0 Å². The highest BCUT2D eigenvalue weighted by molar-refractivity contribution is 7.99. The van der Waals surface area contributed by atoms with Crippen LogP contribution in [0.5, 0.6) is 0 Å². The highest BCUT2D eigenvalue weighted by Crippen LogP contribution is 2.22. The van der Waals surface area contributed by atoms with Crippen molar-refractivity contribution in [2.45, 2.75) is 31.1 Å². The summed E-state index contributed by atoms with van der Waals surface area (Å²) in [5.74, 6) is 2.15. The lowest BCUT2D eigenvalue weighted by molar-refractivity contribution is -0.122. The lowest BCUT2D eigenvalue weighted by atomic mass is 9.85. The van der Waals surface area contributed by atoms with Gasteiger partial charge in [0.1, 0.15) is 0 Å². The maximum atomic E-state index is 12.0. The first kappa shape index (κ1) is 20.6. The van der Waals surface area contributed by atoms with Crippen LogP contribution in [0.4, 0.5) is 0 Å². The Bertz CT molecular complexity index is 464. The average Bonchev–Trinajstić information content (AvgIpc) is 2.54. The first-order valence-electron chi connectivity index (χ1n) is 8.01. The lowest BCUT2D eigenvalue weighted by Crippen LogP contribution is -2.36. The Morgan fingerprint density at radius 2 is 2.17 bits per heavy atom. The van der Waals surface area contributed by atoms with Crippen molar-refractivity contribution in [1.82, 2.24) is 10.6 Å². The van der Waals surface area contributed by atoms with E-state index < -0.39 is 0 Å². The molecule has 1 aromatic rings. The van der Waals surface area contributed by atoms with Gasteiger partial charge in [-0.25, -0.2) is 0 Å². The average molecular weight is 377 g/mol. The molecule has 1 amide bonds. The molecule has 1 heterocycles. The fourth-order valence-corrected chi connectivity index (χ4v) is 3.68. The molecule has 0 saturated carbocycles. The topological polar surface area (TPSA) is 41.1 Å². The number of carbonyl (C=O) groups is 1. The van der Waals surface area contributed by atoms with Crippen LogP contribution in [-0.4, -0.2) is 31.3 Å². The van der Waals surface area contributed by atoms with Crippen LogP contribution < -0.4 is 10.6 Å². The summed E-state index contributed by atoms with van der Waals surface area (Å²) in [6.07, 6.45) is 3.11. The number of carbonyl (C=O) groups excluding carboxylic acids is 1. The molecule has 1 aromatic carbocycles. The molecule has 130 valence electrons. The van der Waals surface area contributed by atoms with E-state index in [1.807, 2.05) is 24.3 Å². The Hall–Kier alpha value is -0.420. The van der Waals surface area contributed by atoms with Gasteiger partial charge in [0.15, 0.2) is 0 Å². The molecule has 0 radical (unpaired) electrons. The largest absolute Gasteiger partial charge is 0.355 e. The minimum absolute atomic E-state index is 0. The molecule has 6 heteroatoms. The van der Waals surface area contributed by atoms with Crippen LogP contribution in [0.25, 0.3) is 0 Å². The van der Waals surface area contributed by atoms with Crippen molar-refractivity contribution < 1.29 is 4.79 Å². The van der Waals surface area contributed by atoms with E-state index in [-0.39, 0.29) is 18.3 Å². The van der Waals surface area contributed by atoms with E-state index in [0.29, 0.717) is 24.8 Å². The maximum Gasteiger partial charge on any atom is 0.220 e. The summed E-state index contributed by atoms with van der Waals surface area (Å²) >= 11 is 7.59. The minimum Gasteiger partial charge on any atom is -0.355 e. The molecule has 2 unspecified atom stereocenters. The third-order valence-electron chi connectivity index (χ3n) is 4.15. The second-order valence-electron chi connectivity index (χ2n) is 5.94. The lowest BCUT2D eigenvalue weighted by Gasteiger charge is -2.28. The molecule has 3 nitrogen and oxygen atoms in total. The summed E-state index contributed by atoms with van der Waals surface area (Å²) < 4.78 is 0. The Kier molecular flexibility index (Phi) is 10.0. The van der Waals surface area contributed by atoms with Crippen molar-refractivity contribution in [3.63, 3.8) is 0 Å². The number of benzene rings is 1. The second kappa shape index (κ2) is 11.2. The quantitative estimate of drug-likeness (QED) is 0.558. The Morgan fingerprint density at radius 1 is 1.43 bits per heavy atom. The van der Waals surface area contributed by atoms with Crippen molar-refractivity contribution in [2.24, 2.45) is 11.8 Å². The molecule has 0 aliphatic carbocycles. The van der Waals surface area contributed by atoms with Crippen molar-refractivity contribution >= 4 is 41.7 Å². The van der Waals surface area contributed by atoms with Crippen molar-refractivity contribution in [2.75, 3.05) is 25.4 Å². The molecule has 1 fully saturated rings. The number of hydrogen-bond donors (Lipinski definition) is 2. The second-order valence-corrected chi connectivity index (χ2v) is 7.54. The zero-order chi connectivity index (χ0) is 15.8. The number of amides is 1. The molecule has 2 rings (SSSR count). The molecule has 23 heavy (non-hydrogen) atoms. The van der Waals surface area contributed by atoms with Crippen LogP contribution >= 0.6 is 35.8 Å². The van der Waals surface area contributed by atoms with Crippen molar-refractivity contribution in [3.8, 4) is 0 Å². The van der Waals surface area contributed by atoms with E-state index in [2.05, 4.69) is 17.6 Å². The van der Waals surface area contributed by atoms with E-state index in [4.69, 9.17) is 11.6 Å². The van der Waals surface area contributed by atoms with Crippen molar-refractivity contribution in [3.05, 3.63) is 29.3 Å². The van der Waals surface area contributed by atoms with Gasteiger partial charge in [0.25, 0.3) is 0 Å². The number of rotatable bonds is 7. The highest BCUT2D eigenvalue weighted by atomic mass is 35.5. The predicted molar refractivity (Wildman–Crippen MR) is 102 cm³/mol. The van der Waals surface area contributed by atoms with Gasteiger partial charge in [0.05, 0.1) is 0 Å². The summed E-state index contributed by atoms with van der Waals surface area (Å²) in [5.41, 5.74) is 0. The summed E-state index contributed by atoms with van der Waals surface area (Å²) in [5, 5.41) is 7.20. The van der Waals surface area contributed by atoms with E-state index in [1.165, 1.54) is 17.7 Å². The molecule has 0 spiro atoms. The smallest absolute Gasteiger partial charge is 0.220 e. The van der Waals surface area contributed by atoms with Gasteiger partial charge in [-0.3, -0.25) is 4.79 Å². The third kappa shape index (κ3) is 7.79. The Balaban J connectivity index is 0.00000264. The molecule has 1 aliphatic heterocycles. The van der Waals surface area contributed by atoms with Gasteiger partial charge in [-0.15, -0.1) is 24.2 Å². The first-order chi connectivity index (χ1) is 10.6. The molecular weight excluding hydrogens is 351 g/mol. The van der Waals surface area contributed by atoms with Gasteiger partial charge in [-0.2, -0.15) is 0 Å². The minimum atomic E-state index is 0. The maximum absolute atomic E-state index is 12.0. The van der Waals surface area contributed by atoms with E-state index >= 15 is 0 Å². The molecule has 1 aliphatic rings. The predicted octanol–water partition coefficient (Wildman–Crippen LogP) is 4.00. The molecule has 2 atom stereocenters. The van der Waals surface area contributed by atoms with Gasteiger partial charge in [-0.05, 0) is 62.0 Å². The zero-order valence-corrected chi connectivity index (χ0v) is 15.9. The monoisotopic (exact) mass is 376 g/mol. The molecule has 2 N–H and O–H groups in total. The Labute approximate surface area is 154 Å². The third-order valence-corrected chi connectivity index (χ3v) is 5.42. The number of thioether (sulfide) groups is 1. The van der Waals surface area contributed by atoms with Gasteiger partial charge in [0.2, 0.25) is 5.91 Å². The van der Waals surface area contributed by atoms with Gasteiger partial charge >= 0.3 is 0 Å². The van der Waals surface area contributed by atoms with Crippen LogP contribution in [0.1, 0.15) is 26.2 Å². The van der Waals surface area contributed by atoms with Crippen LogP contribution in [0.3, 0.4) is 0 Å². The fourth-order valence-electron chi connectivity index (χ4n) is 2.79. The highest BCUT2D eigenvalue weighted by Gasteiger charge is 2.21. The summed E-state index contributed by atoms with van der Waals surface area (Å²) in [7, 11) is 0. The summed E-state index contributed by atoms with van der Waals surface area (Å²) in [6, 6.07) is 7.80. The molecule has 0 bridgehead atoms. The number of hydrogen-bond acceptors (Lipinski definition) is 3. The van der Waals surface area contributed by atoms with E-state index in [0.717, 1.165) is 23.9 Å². The Morgan fingerprint density at radius 3 is 2.83 bits per heavy atom. The number of piperidine rings is 1. The summed E-state index contributed by atoms with van der Waals surface area (Å²) in [4.78, 5) is 13.2. The normalized spacial score (nSPS) is 18.8. The molecule has 0 aromatic heterocycles. The van der Waals surface area contributed by atoms with E-state index in [1.54, 1.807) is 11.8 Å². The molecule has 1 saturated heterocycles. The van der Waals surface area contributed by atoms with Gasteiger partial charge in [0, 0.05) is 28.6 Å². The fraction of sp³-hybridized carbons (Fsp3) is 0.588. The summed E-state index contributed by atoms with van der Waals surface area (Å²) in [6.45, 7) is 5.08. The van der Waals surface area contributed by atoms with Crippen LogP contribution in [0.2, 0.25) is 5.02 Å².